The summed E-state index contributed by atoms with van der Waals surface area (Å²) >= 11 is 0. The fourth-order valence-electron chi connectivity index (χ4n) is 2.57. The third-order valence-electron chi connectivity index (χ3n) is 4.39. The molecule has 0 bridgehead atoms. The first-order valence-corrected chi connectivity index (χ1v) is 9.96. The Labute approximate surface area is 117 Å². The highest BCUT2D eigenvalue weighted by atomic mass is 28.3. The Hall–Kier alpha value is -0.843. The molecule has 0 aliphatic heterocycles. The number of hydrogen-bond acceptors (Lipinski definition) is 4. The van der Waals surface area contributed by atoms with Crippen molar-refractivity contribution >= 4 is 20.0 Å². The molecule has 0 rings (SSSR count). The average Bonchev–Trinajstić information content (AvgIpc) is 2.47. The molecule has 4 nitrogen and oxygen atoms in total. The van der Waals surface area contributed by atoms with Crippen LogP contribution in [0.4, 0.5) is 0 Å². The molecular formula is C14H28O4Si. The minimum atomic E-state index is -1.39. The zero-order valence-corrected chi connectivity index (χ0v) is 14.0. The smallest absolute Gasteiger partial charge is 0.308 e. The quantitative estimate of drug-likeness (QED) is 0.483. The molecule has 112 valence electrons. The lowest BCUT2D eigenvalue weighted by atomic mass is 10.1. The van der Waals surface area contributed by atoms with E-state index in [-0.39, 0.29) is 24.3 Å². The molecule has 0 aliphatic carbocycles. The second-order valence-electron chi connectivity index (χ2n) is 5.10. The molecule has 0 spiro atoms. The van der Waals surface area contributed by atoms with Crippen LogP contribution in [0.3, 0.4) is 0 Å². The van der Waals surface area contributed by atoms with Crippen LogP contribution in [0.1, 0.15) is 33.6 Å². The lowest BCUT2D eigenvalue weighted by molar-refractivity contribution is -0.146. The standard InChI is InChI=1S/C14H28O4Si/c1-6-19(7-2,8-3)11-12(14(16)18-5)9-10-13(15)17-4/h12H,6-11H2,1-5H3. The summed E-state index contributed by atoms with van der Waals surface area (Å²) in [6.07, 6.45) is 0.825. The molecule has 0 fully saturated rings. The van der Waals surface area contributed by atoms with Crippen molar-refractivity contribution in [3.05, 3.63) is 0 Å². The van der Waals surface area contributed by atoms with Gasteiger partial charge in [-0.1, -0.05) is 38.9 Å². The Bertz CT molecular complexity index is 279. The van der Waals surface area contributed by atoms with E-state index in [1.54, 1.807) is 0 Å². The fourth-order valence-corrected chi connectivity index (χ4v) is 6.35. The summed E-state index contributed by atoms with van der Waals surface area (Å²) in [4.78, 5) is 23.1. The maximum atomic E-state index is 11.9. The van der Waals surface area contributed by atoms with Crippen molar-refractivity contribution in [2.75, 3.05) is 14.2 Å². The van der Waals surface area contributed by atoms with E-state index < -0.39 is 8.07 Å². The topological polar surface area (TPSA) is 52.6 Å². The van der Waals surface area contributed by atoms with Gasteiger partial charge in [0.05, 0.1) is 28.2 Å². The summed E-state index contributed by atoms with van der Waals surface area (Å²) in [6, 6.07) is 4.43. The van der Waals surface area contributed by atoms with Crippen molar-refractivity contribution in [3.8, 4) is 0 Å². The molecular weight excluding hydrogens is 260 g/mol. The molecule has 1 atom stereocenters. The fraction of sp³-hybridized carbons (Fsp3) is 0.857. The molecule has 0 aromatic rings. The largest absolute Gasteiger partial charge is 0.469 e. The van der Waals surface area contributed by atoms with Crippen molar-refractivity contribution in [3.63, 3.8) is 0 Å². The zero-order valence-electron chi connectivity index (χ0n) is 13.0. The molecule has 0 radical (unpaired) electrons. The summed E-state index contributed by atoms with van der Waals surface area (Å²) < 4.78 is 9.53. The van der Waals surface area contributed by atoms with Crippen molar-refractivity contribution in [2.24, 2.45) is 5.92 Å². The Morgan fingerprint density at radius 2 is 1.53 bits per heavy atom. The Morgan fingerprint density at radius 1 is 1.00 bits per heavy atom. The number of esters is 2. The van der Waals surface area contributed by atoms with Crippen molar-refractivity contribution in [1.82, 2.24) is 0 Å². The summed E-state index contributed by atoms with van der Waals surface area (Å²) in [6.45, 7) is 6.65. The zero-order chi connectivity index (χ0) is 14.9. The second kappa shape index (κ2) is 9.12. The molecule has 0 amide bonds. The van der Waals surface area contributed by atoms with Crippen LogP contribution >= 0.6 is 0 Å². The van der Waals surface area contributed by atoms with E-state index >= 15 is 0 Å². The molecule has 0 aliphatic rings. The molecule has 0 aromatic carbocycles. The summed E-state index contributed by atoms with van der Waals surface area (Å²) in [5.74, 6) is -0.600. The van der Waals surface area contributed by atoms with Crippen LogP contribution in [0.25, 0.3) is 0 Å². The molecule has 1 unspecified atom stereocenters. The third kappa shape index (κ3) is 5.76. The van der Waals surface area contributed by atoms with Gasteiger partial charge in [-0.3, -0.25) is 9.59 Å². The summed E-state index contributed by atoms with van der Waals surface area (Å²) in [5, 5.41) is 0. The molecule has 5 heteroatoms. The van der Waals surface area contributed by atoms with E-state index in [4.69, 9.17) is 4.74 Å². The van der Waals surface area contributed by atoms with Gasteiger partial charge in [0, 0.05) is 6.42 Å². The maximum absolute atomic E-state index is 11.9. The molecule has 0 heterocycles. The highest BCUT2D eigenvalue weighted by molar-refractivity contribution is 6.79. The van der Waals surface area contributed by atoms with Gasteiger partial charge in [0.1, 0.15) is 0 Å². The third-order valence-corrected chi connectivity index (χ3v) is 10.2. The minimum absolute atomic E-state index is 0.157. The SMILES string of the molecule is CC[Si](CC)(CC)CC(CCC(=O)OC)C(=O)OC. The van der Waals surface area contributed by atoms with E-state index in [0.29, 0.717) is 6.42 Å². The van der Waals surface area contributed by atoms with Crippen LogP contribution in [-0.2, 0) is 19.1 Å². The second-order valence-corrected chi connectivity index (χ2v) is 10.6. The molecule has 0 aromatic heterocycles. The van der Waals surface area contributed by atoms with Crippen LogP contribution < -0.4 is 0 Å². The van der Waals surface area contributed by atoms with E-state index in [1.807, 2.05) is 0 Å². The number of carbonyl (C=O) groups is 2. The monoisotopic (exact) mass is 288 g/mol. The van der Waals surface area contributed by atoms with E-state index in [2.05, 4.69) is 25.5 Å². The van der Waals surface area contributed by atoms with Crippen molar-refractivity contribution in [2.45, 2.75) is 57.8 Å². The van der Waals surface area contributed by atoms with Gasteiger partial charge < -0.3 is 9.47 Å². The number of carbonyl (C=O) groups excluding carboxylic acids is 2. The van der Waals surface area contributed by atoms with Gasteiger partial charge >= 0.3 is 11.9 Å². The Morgan fingerprint density at radius 3 is 1.89 bits per heavy atom. The first-order valence-electron chi connectivity index (χ1n) is 7.13. The average molecular weight is 288 g/mol. The van der Waals surface area contributed by atoms with Gasteiger partial charge in [-0.25, -0.2) is 0 Å². The minimum Gasteiger partial charge on any atom is -0.469 e. The Balaban J connectivity index is 4.75. The first kappa shape index (κ1) is 18.2. The van der Waals surface area contributed by atoms with E-state index in [9.17, 15) is 9.59 Å². The molecule has 0 saturated carbocycles. The highest BCUT2D eigenvalue weighted by Crippen LogP contribution is 2.31. The number of ether oxygens (including phenoxy) is 2. The predicted molar refractivity (Wildman–Crippen MR) is 78.8 cm³/mol. The van der Waals surface area contributed by atoms with Crippen LogP contribution in [0.2, 0.25) is 24.2 Å². The molecule has 0 N–H and O–H groups in total. The normalized spacial score (nSPS) is 12.9. The van der Waals surface area contributed by atoms with Gasteiger partial charge in [0.15, 0.2) is 0 Å². The van der Waals surface area contributed by atoms with Gasteiger partial charge in [-0.2, -0.15) is 0 Å². The first-order chi connectivity index (χ1) is 8.98. The van der Waals surface area contributed by atoms with Crippen LogP contribution in [-0.4, -0.2) is 34.2 Å². The van der Waals surface area contributed by atoms with Crippen molar-refractivity contribution < 1.29 is 19.1 Å². The van der Waals surface area contributed by atoms with Crippen LogP contribution in [0.15, 0.2) is 0 Å². The lowest BCUT2D eigenvalue weighted by Gasteiger charge is -2.31. The van der Waals surface area contributed by atoms with Crippen LogP contribution in [0, 0.1) is 5.92 Å². The van der Waals surface area contributed by atoms with Crippen molar-refractivity contribution in [1.29, 1.82) is 0 Å². The number of methoxy groups -OCH3 is 2. The van der Waals surface area contributed by atoms with E-state index in [0.717, 1.165) is 6.04 Å². The summed E-state index contributed by atoms with van der Waals surface area (Å²) in [5.41, 5.74) is 0. The van der Waals surface area contributed by atoms with Crippen LogP contribution in [0.5, 0.6) is 0 Å². The summed E-state index contributed by atoms with van der Waals surface area (Å²) in [7, 11) is 1.40. The number of hydrogen-bond donors (Lipinski definition) is 0. The van der Waals surface area contributed by atoms with Gasteiger partial charge in [-0.05, 0) is 12.5 Å². The highest BCUT2D eigenvalue weighted by Gasteiger charge is 2.33. The Kier molecular flexibility index (Phi) is 8.72. The lowest BCUT2D eigenvalue weighted by Crippen LogP contribution is -2.36. The van der Waals surface area contributed by atoms with Gasteiger partial charge in [0.2, 0.25) is 0 Å². The molecule has 0 saturated heterocycles. The van der Waals surface area contributed by atoms with Gasteiger partial charge in [0.25, 0.3) is 0 Å². The number of rotatable bonds is 9. The van der Waals surface area contributed by atoms with Gasteiger partial charge in [-0.15, -0.1) is 0 Å². The molecule has 19 heavy (non-hydrogen) atoms. The van der Waals surface area contributed by atoms with E-state index in [1.165, 1.54) is 32.4 Å². The maximum Gasteiger partial charge on any atom is 0.308 e. The predicted octanol–water partition coefficient (Wildman–Crippen LogP) is 3.24.